The Hall–Kier alpha value is -2.88. The summed E-state index contributed by atoms with van der Waals surface area (Å²) in [4.78, 5) is 12.2. The van der Waals surface area contributed by atoms with Crippen LogP contribution >= 0.6 is 0 Å². The Morgan fingerprint density at radius 2 is 1.90 bits per heavy atom. The van der Waals surface area contributed by atoms with Crippen molar-refractivity contribution in [2.45, 2.75) is 6.92 Å². The number of nitrogens with one attached hydrogen (secondary N) is 2. The van der Waals surface area contributed by atoms with Gasteiger partial charge in [-0.3, -0.25) is 9.89 Å². The van der Waals surface area contributed by atoms with E-state index in [1.807, 2.05) is 61.7 Å². The third-order valence-electron chi connectivity index (χ3n) is 3.25. The first-order valence-electron chi connectivity index (χ1n) is 6.69. The summed E-state index contributed by atoms with van der Waals surface area (Å²) < 4.78 is 0. The maximum atomic E-state index is 12.2. The van der Waals surface area contributed by atoms with Gasteiger partial charge in [0.05, 0.1) is 6.20 Å². The van der Waals surface area contributed by atoms with Crippen LogP contribution < -0.4 is 5.32 Å². The molecule has 0 spiro atoms. The number of H-pyrrole nitrogens is 1. The maximum Gasteiger partial charge on any atom is 0.255 e. The monoisotopic (exact) mass is 277 g/mol. The van der Waals surface area contributed by atoms with Crippen molar-refractivity contribution in [3.63, 3.8) is 0 Å². The summed E-state index contributed by atoms with van der Waals surface area (Å²) in [7, 11) is 0. The van der Waals surface area contributed by atoms with Gasteiger partial charge in [0.2, 0.25) is 0 Å². The summed E-state index contributed by atoms with van der Waals surface area (Å²) in [5.41, 5.74) is 4.57. The molecule has 0 saturated heterocycles. The van der Waals surface area contributed by atoms with E-state index in [1.54, 1.807) is 6.20 Å². The number of aromatic amines is 1. The largest absolute Gasteiger partial charge is 0.322 e. The molecule has 4 nitrogen and oxygen atoms in total. The van der Waals surface area contributed by atoms with Gasteiger partial charge in [-0.25, -0.2) is 0 Å². The summed E-state index contributed by atoms with van der Waals surface area (Å²) in [5, 5.41) is 9.59. The van der Waals surface area contributed by atoms with Crippen molar-refractivity contribution in [1.29, 1.82) is 0 Å². The average molecular weight is 277 g/mol. The normalized spacial score (nSPS) is 10.3. The van der Waals surface area contributed by atoms with Crippen molar-refractivity contribution in [1.82, 2.24) is 10.2 Å². The molecule has 0 aliphatic rings. The van der Waals surface area contributed by atoms with E-state index in [1.165, 1.54) is 0 Å². The zero-order valence-corrected chi connectivity index (χ0v) is 11.6. The molecule has 0 atom stereocenters. The topological polar surface area (TPSA) is 57.8 Å². The molecule has 0 bridgehead atoms. The molecule has 104 valence electrons. The number of aryl methyl sites for hydroxylation is 1. The summed E-state index contributed by atoms with van der Waals surface area (Å²) in [6.07, 6.45) is 3.57. The van der Waals surface area contributed by atoms with Crippen molar-refractivity contribution < 1.29 is 4.79 Å². The van der Waals surface area contributed by atoms with Gasteiger partial charge in [-0.1, -0.05) is 24.3 Å². The second kappa shape index (κ2) is 5.63. The highest BCUT2D eigenvalue weighted by atomic mass is 16.1. The predicted octanol–water partition coefficient (Wildman–Crippen LogP) is 3.64. The molecule has 21 heavy (non-hydrogen) atoms. The molecule has 3 rings (SSSR count). The minimum absolute atomic E-state index is 0.112. The number of hydrogen-bond donors (Lipinski definition) is 2. The highest BCUT2D eigenvalue weighted by Crippen LogP contribution is 2.18. The second-order valence-corrected chi connectivity index (χ2v) is 4.89. The lowest BCUT2D eigenvalue weighted by molar-refractivity contribution is 0.102. The van der Waals surface area contributed by atoms with Gasteiger partial charge in [0, 0.05) is 23.0 Å². The van der Waals surface area contributed by atoms with Crippen LogP contribution in [0.2, 0.25) is 0 Å². The van der Waals surface area contributed by atoms with Gasteiger partial charge in [0.25, 0.3) is 5.91 Å². The van der Waals surface area contributed by atoms with Crippen molar-refractivity contribution >= 4 is 11.6 Å². The lowest BCUT2D eigenvalue weighted by Gasteiger charge is -2.06. The van der Waals surface area contributed by atoms with Crippen LogP contribution in [0.25, 0.3) is 11.1 Å². The molecule has 0 saturated carbocycles. The van der Waals surface area contributed by atoms with E-state index >= 15 is 0 Å². The fourth-order valence-electron chi connectivity index (χ4n) is 2.15. The average Bonchev–Trinajstić information content (AvgIpc) is 3.01. The smallest absolute Gasteiger partial charge is 0.255 e. The second-order valence-electron chi connectivity index (χ2n) is 4.89. The van der Waals surface area contributed by atoms with Crippen molar-refractivity contribution in [2.75, 3.05) is 5.32 Å². The van der Waals surface area contributed by atoms with E-state index in [9.17, 15) is 4.79 Å². The number of benzene rings is 2. The van der Waals surface area contributed by atoms with Crippen LogP contribution in [-0.2, 0) is 0 Å². The Labute approximate surface area is 122 Å². The predicted molar refractivity (Wildman–Crippen MR) is 83.2 cm³/mol. The zero-order chi connectivity index (χ0) is 14.7. The number of anilines is 1. The van der Waals surface area contributed by atoms with Crippen molar-refractivity contribution in [2.24, 2.45) is 0 Å². The highest BCUT2D eigenvalue weighted by molar-refractivity contribution is 6.04. The van der Waals surface area contributed by atoms with Gasteiger partial charge in [-0.15, -0.1) is 0 Å². The van der Waals surface area contributed by atoms with Crippen LogP contribution in [-0.4, -0.2) is 16.1 Å². The zero-order valence-electron chi connectivity index (χ0n) is 11.6. The standard InChI is InChI=1S/C17H15N3O/c1-12-3-2-4-16(9-12)20-17(21)14-7-5-13(6-8-14)15-10-18-19-11-15/h2-11H,1H3,(H,18,19)(H,20,21). The van der Waals surface area contributed by atoms with E-state index < -0.39 is 0 Å². The number of amides is 1. The first kappa shape index (κ1) is 13.1. The van der Waals surface area contributed by atoms with Crippen LogP contribution in [0.5, 0.6) is 0 Å². The first-order chi connectivity index (χ1) is 10.2. The first-order valence-corrected chi connectivity index (χ1v) is 6.69. The van der Waals surface area contributed by atoms with Crippen LogP contribution in [0, 0.1) is 6.92 Å². The van der Waals surface area contributed by atoms with Gasteiger partial charge in [-0.05, 0) is 42.3 Å². The number of carbonyl (C=O) groups is 1. The van der Waals surface area contributed by atoms with Crippen LogP contribution in [0.1, 0.15) is 15.9 Å². The number of nitrogens with zero attached hydrogens (tertiary/aromatic N) is 1. The lowest BCUT2D eigenvalue weighted by Crippen LogP contribution is -2.11. The molecular weight excluding hydrogens is 262 g/mol. The fourth-order valence-corrected chi connectivity index (χ4v) is 2.15. The van der Waals surface area contributed by atoms with E-state index in [4.69, 9.17) is 0 Å². The van der Waals surface area contributed by atoms with E-state index in [2.05, 4.69) is 15.5 Å². The third kappa shape index (κ3) is 3.00. The quantitative estimate of drug-likeness (QED) is 0.768. The third-order valence-corrected chi connectivity index (χ3v) is 3.25. The molecule has 0 radical (unpaired) electrons. The number of hydrogen-bond acceptors (Lipinski definition) is 2. The molecule has 2 N–H and O–H groups in total. The van der Waals surface area contributed by atoms with Gasteiger partial charge in [0.1, 0.15) is 0 Å². The molecular formula is C17H15N3O. The van der Waals surface area contributed by atoms with Crippen molar-refractivity contribution in [3.05, 3.63) is 72.1 Å². The Balaban J connectivity index is 1.76. The minimum atomic E-state index is -0.112. The van der Waals surface area contributed by atoms with Gasteiger partial charge >= 0.3 is 0 Å². The van der Waals surface area contributed by atoms with Gasteiger partial charge in [0.15, 0.2) is 0 Å². The Bertz CT molecular complexity index is 746. The number of rotatable bonds is 3. The number of carbonyl (C=O) groups excluding carboxylic acids is 1. The molecule has 0 unspecified atom stereocenters. The molecule has 1 heterocycles. The highest BCUT2D eigenvalue weighted by Gasteiger charge is 2.07. The summed E-state index contributed by atoms with van der Waals surface area (Å²) in [5.74, 6) is -0.112. The molecule has 4 heteroatoms. The Morgan fingerprint density at radius 1 is 1.10 bits per heavy atom. The molecule has 1 aromatic heterocycles. The van der Waals surface area contributed by atoms with Crippen LogP contribution in [0.3, 0.4) is 0 Å². The summed E-state index contributed by atoms with van der Waals surface area (Å²) in [6.45, 7) is 2.00. The number of aromatic nitrogens is 2. The van der Waals surface area contributed by atoms with Crippen molar-refractivity contribution in [3.8, 4) is 11.1 Å². The molecule has 3 aromatic rings. The van der Waals surface area contributed by atoms with Gasteiger partial charge < -0.3 is 5.32 Å². The van der Waals surface area contributed by atoms with Gasteiger partial charge in [-0.2, -0.15) is 5.10 Å². The van der Waals surface area contributed by atoms with E-state index in [0.717, 1.165) is 22.4 Å². The molecule has 2 aromatic carbocycles. The Kier molecular flexibility index (Phi) is 3.51. The summed E-state index contributed by atoms with van der Waals surface area (Å²) in [6, 6.07) is 15.2. The van der Waals surface area contributed by atoms with E-state index in [-0.39, 0.29) is 5.91 Å². The SMILES string of the molecule is Cc1cccc(NC(=O)c2ccc(-c3cn[nH]c3)cc2)c1. The van der Waals surface area contributed by atoms with E-state index in [0.29, 0.717) is 5.56 Å². The summed E-state index contributed by atoms with van der Waals surface area (Å²) >= 11 is 0. The van der Waals surface area contributed by atoms with Crippen LogP contribution in [0.15, 0.2) is 60.9 Å². The lowest BCUT2D eigenvalue weighted by atomic mass is 10.1. The molecule has 0 fully saturated rings. The Morgan fingerprint density at radius 3 is 2.57 bits per heavy atom. The maximum absolute atomic E-state index is 12.2. The molecule has 0 aliphatic carbocycles. The molecule has 0 aliphatic heterocycles. The van der Waals surface area contributed by atoms with Crippen LogP contribution in [0.4, 0.5) is 5.69 Å². The fraction of sp³-hybridized carbons (Fsp3) is 0.0588. The molecule has 1 amide bonds. The minimum Gasteiger partial charge on any atom is -0.322 e.